The van der Waals surface area contributed by atoms with Crippen LogP contribution in [0.25, 0.3) is 6.08 Å². The van der Waals surface area contributed by atoms with Crippen LogP contribution in [-0.4, -0.2) is 53.2 Å². The minimum absolute atomic E-state index is 0.0466. The highest BCUT2D eigenvalue weighted by molar-refractivity contribution is 8.18. The number of rotatable bonds is 7. The number of carbonyl (C=O) groups excluding carboxylic acids is 3. The Kier molecular flexibility index (Phi) is 7.72. The lowest BCUT2D eigenvalue weighted by Crippen LogP contribution is -2.44. The normalized spacial score (nSPS) is 17.5. The molecule has 0 aliphatic carbocycles. The first-order chi connectivity index (χ1) is 16.8. The average Bonchev–Trinajstić information content (AvgIpc) is 3.12. The summed E-state index contributed by atoms with van der Waals surface area (Å²) in [7, 11) is 1.51. The van der Waals surface area contributed by atoms with E-state index in [1.807, 2.05) is 32.0 Å². The molecule has 4 rings (SSSR count). The van der Waals surface area contributed by atoms with Gasteiger partial charge in [-0.2, -0.15) is 0 Å². The maximum atomic E-state index is 13.0. The monoisotopic (exact) mass is 514 g/mol. The first-order valence-electron chi connectivity index (χ1n) is 11.4. The topological polar surface area (TPSA) is 76.2 Å². The fourth-order valence-corrected chi connectivity index (χ4v) is 5.06. The summed E-state index contributed by atoms with van der Waals surface area (Å²) in [6.45, 7) is 4.69. The van der Waals surface area contributed by atoms with E-state index >= 15 is 0 Å². The highest BCUT2D eigenvalue weighted by atomic mass is 35.5. The van der Waals surface area contributed by atoms with Gasteiger partial charge < -0.3 is 14.4 Å². The lowest BCUT2D eigenvalue weighted by atomic mass is 10.00. The number of carbonyl (C=O) groups is 3. The molecule has 0 N–H and O–H groups in total. The second kappa shape index (κ2) is 10.7. The summed E-state index contributed by atoms with van der Waals surface area (Å²) in [5, 5.41) is -0.127. The molecule has 0 aromatic heterocycles. The quantitative estimate of drug-likeness (QED) is 0.476. The van der Waals surface area contributed by atoms with Crippen LogP contribution in [0.3, 0.4) is 0 Å². The van der Waals surface area contributed by atoms with Crippen molar-refractivity contribution in [1.29, 1.82) is 0 Å². The van der Waals surface area contributed by atoms with Crippen molar-refractivity contribution in [2.75, 3.05) is 20.2 Å². The van der Waals surface area contributed by atoms with Crippen LogP contribution in [0.15, 0.2) is 41.3 Å². The molecule has 1 fully saturated rings. The van der Waals surface area contributed by atoms with E-state index in [1.165, 1.54) is 12.7 Å². The van der Waals surface area contributed by atoms with E-state index < -0.39 is 11.1 Å². The molecule has 1 saturated heterocycles. The standard InChI is InChI=1S/C26H27ClN2O5S/c1-4-16(2)34-24-20(27)11-17(12-21(24)33-3)13-22-25(31)29(26(32)35-22)15-23(30)28-10-9-18-7-5-6-8-19(18)14-28/h5-8,11-13,16H,4,9-10,14-15H2,1-3H3/b22-13-/t16-/m0/s1. The Labute approximate surface area is 214 Å². The van der Waals surface area contributed by atoms with Crippen molar-refractivity contribution in [1.82, 2.24) is 9.80 Å². The maximum Gasteiger partial charge on any atom is 0.294 e. The number of imide groups is 1. The average molecular weight is 515 g/mol. The summed E-state index contributed by atoms with van der Waals surface area (Å²) in [4.78, 5) is 41.4. The zero-order valence-electron chi connectivity index (χ0n) is 19.9. The largest absolute Gasteiger partial charge is 0.493 e. The Hall–Kier alpha value is -2.97. The second-order valence-corrected chi connectivity index (χ2v) is 9.87. The van der Waals surface area contributed by atoms with Gasteiger partial charge in [-0.1, -0.05) is 42.8 Å². The van der Waals surface area contributed by atoms with Crippen LogP contribution in [0.2, 0.25) is 5.02 Å². The van der Waals surface area contributed by atoms with E-state index in [9.17, 15) is 14.4 Å². The molecule has 3 amide bonds. The van der Waals surface area contributed by atoms with Crippen LogP contribution in [0, 0.1) is 0 Å². The number of amides is 3. The smallest absolute Gasteiger partial charge is 0.294 e. The molecule has 2 aliphatic heterocycles. The Balaban J connectivity index is 1.48. The molecule has 2 aromatic carbocycles. The molecule has 0 bridgehead atoms. The third kappa shape index (κ3) is 5.49. The second-order valence-electron chi connectivity index (χ2n) is 8.47. The van der Waals surface area contributed by atoms with Crippen LogP contribution in [-0.2, 0) is 22.6 Å². The SMILES string of the molecule is CC[C@H](C)Oc1c(Cl)cc(/C=C2\SC(=O)N(CC(=O)N3CCc4ccccc4C3)C2=O)cc1OC. The van der Waals surface area contributed by atoms with Crippen LogP contribution >= 0.6 is 23.4 Å². The van der Waals surface area contributed by atoms with Gasteiger partial charge in [-0.05, 0) is 66.4 Å². The number of methoxy groups -OCH3 is 1. The zero-order valence-corrected chi connectivity index (χ0v) is 21.4. The van der Waals surface area contributed by atoms with Crippen LogP contribution in [0.1, 0.15) is 37.0 Å². The molecule has 9 heteroatoms. The van der Waals surface area contributed by atoms with Gasteiger partial charge in [-0.3, -0.25) is 19.3 Å². The summed E-state index contributed by atoms with van der Waals surface area (Å²) in [6.07, 6.45) is 3.09. The van der Waals surface area contributed by atoms with Crippen LogP contribution < -0.4 is 9.47 Å². The van der Waals surface area contributed by atoms with Gasteiger partial charge in [-0.15, -0.1) is 0 Å². The molecule has 0 spiro atoms. The molecule has 0 radical (unpaired) electrons. The summed E-state index contributed by atoms with van der Waals surface area (Å²) in [6, 6.07) is 11.3. The van der Waals surface area contributed by atoms with E-state index in [-0.39, 0.29) is 23.5 Å². The summed E-state index contributed by atoms with van der Waals surface area (Å²) < 4.78 is 11.3. The number of hydrogen-bond donors (Lipinski definition) is 0. The molecule has 7 nitrogen and oxygen atoms in total. The molecule has 184 valence electrons. The van der Waals surface area contributed by atoms with E-state index in [4.69, 9.17) is 21.1 Å². The number of ether oxygens (including phenoxy) is 2. The molecule has 1 atom stereocenters. The Morgan fingerprint density at radius 1 is 1.23 bits per heavy atom. The Bertz CT molecular complexity index is 1200. The van der Waals surface area contributed by atoms with Gasteiger partial charge in [-0.25, -0.2) is 0 Å². The van der Waals surface area contributed by atoms with Crippen molar-refractivity contribution >= 4 is 46.5 Å². The fourth-order valence-electron chi connectivity index (χ4n) is 3.95. The third-order valence-electron chi connectivity index (χ3n) is 6.09. The number of benzene rings is 2. The molecule has 2 aromatic rings. The predicted molar refractivity (Wildman–Crippen MR) is 137 cm³/mol. The van der Waals surface area contributed by atoms with Gasteiger partial charge in [0.1, 0.15) is 6.54 Å². The van der Waals surface area contributed by atoms with E-state index in [1.54, 1.807) is 23.1 Å². The first-order valence-corrected chi connectivity index (χ1v) is 12.6. The minimum Gasteiger partial charge on any atom is -0.493 e. The zero-order chi connectivity index (χ0) is 25.1. The van der Waals surface area contributed by atoms with Crippen molar-refractivity contribution < 1.29 is 23.9 Å². The summed E-state index contributed by atoms with van der Waals surface area (Å²) in [5.74, 6) is 0.117. The van der Waals surface area contributed by atoms with Crippen LogP contribution in [0.5, 0.6) is 11.5 Å². The molecule has 0 unspecified atom stereocenters. The molecule has 0 saturated carbocycles. The van der Waals surface area contributed by atoms with Gasteiger partial charge in [0.15, 0.2) is 11.5 Å². The van der Waals surface area contributed by atoms with Gasteiger partial charge >= 0.3 is 0 Å². The lowest BCUT2D eigenvalue weighted by Gasteiger charge is -2.29. The minimum atomic E-state index is -0.499. The molecule has 35 heavy (non-hydrogen) atoms. The molecular formula is C26H27ClN2O5S. The maximum absolute atomic E-state index is 13.0. The number of thioether (sulfide) groups is 1. The number of hydrogen-bond acceptors (Lipinski definition) is 6. The summed E-state index contributed by atoms with van der Waals surface area (Å²) >= 11 is 7.24. The van der Waals surface area contributed by atoms with Gasteiger partial charge in [0.2, 0.25) is 5.91 Å². The van der Waals surface area contributed by atoms with Gasteiger partial charge in [0, 0.05) is 13.1 Å². The summed E-state index contributed by atoms with van der Waals surface area (Å²) in [5.41, 5.74) is 2.90. The van der Waals surface area contributed by atoms with Crippen molar-refractivity contribution in [2.24, 2.45) is 0 Å². The van der Waals surface area contributed by atoms with Crippen molar-refractivity contribution in [3.63, 3.8) is 0 Å². The highest BCUT2D eigenvalue weighted by Crippen LogP contribution is 2.39. The van der Waals surface area contributed by atoms with E-state index in [0.717, 1.165) is 35.1 Å². The Morgan fingerprint density at radius 2 is 1.97 bits per heavy atom. The molecule has 2 aliphatic rings. The van der Waals surface area contributed by atoms with Crippen LogP contribution in [0.4, 0.5) is 4.79 Å². The van der Waals surface area contributed by atoms with Crippen molar-refractivity contribution in [3.8, 4) is 11.5 Å². The lowest BCUT2D eigenvalue weighted by molar-refractivity contribution is -0.136. The third-order valence-corrected chi connectivity index (χ3v) is 7.28. The highest BCUT2D eigenvalue weighted by Gasteiger charge is 2.37. The first kappa shape index (κ1) is 25.1. The Morgan fingerprint density at radius 3 is 2.69 bits per heavy atom. The number of nitrogens with zero attached hydrogens (tertiary/aromatic N) is 2. The predicted octanol–water partition coefficient (Wildman–Crippen LogP) is 5.15. The number of halogens is 1. The van der Waals surface area contributed by atoms with Crippen molar-refractivity contribution in [2.45, 2.75) is 39.3 Å². The van der Waals surface area contributed by atoms with Crippen molar-refractivity contribution in [3.05, 3.63) is 63.0 Å². The van der Waals surface area contributed by atoms with E-state index in [2.05, 4.69) is 6.07 Å². The van der Waals surface area contributed by atoms with E-state index in [0.29, 0.717) is 35.2 Å². The fraction of sp³-hybridized carbons (Fsp3) is 0.346. The molecular weight excluding hydrogens is 488 g/mol. The molecule has 2 heterocycles. The van der Waals surface area contributed by atoms with Gasteiger partial charge in [0.05, 0.1) is 23.1 Å². The van der Waals surface area contributed by atoms with Gasteiger partial charge in [0.25, 0.3) is 11.1 Å². The number of fused-ring (bicyclic) bond motifs is 1.